The summed E-state index contributed by atoms with van der Waals surface area (Å²) in [6, 6.07) is 0. The lowest BCUT2D eigenvalue weighted by Crippen LogP contribution is -2.66. The van der Waals surface area contributed by atoms with Crippen molar-refractivity contribution in [1.29, 1.82) is 0 Å². The Balaban J connectivity index is 2.57. The van der Waals surface area contributed by atoms with Gasteiger partial charge in [-0.25, -0.2) is 18.0 Å². The van der Waals surface area contributed by atoms with Gasteiger partial charge in [-0.2, -0.15) is 26.3 Å². The van der Waals surface area contributed by atoms with E-state index < -0.39 is 77.8 Å². The molecule has 0 amide bonds. The number of rotatable bonds is 3. The third-order valence-corrected chi connectivity index (χ3v) is 6.28. The average Bonchev–Trinajstić information content (AvgIpc) is 2.88. The first-order valence-electron chi connectivity index (χ1n) is 9.23. The van der Waals surface area contributed by atoms with E-state index in [2.05, 4.69) is 9.47 Å². The van der Waals surface area contributed by atoms with Crippen molar-refractivity contribution in [3.05, 3.63) is 0 Å². The van der Waals surface area contributed by atoms with Gasteiger partial charge in [0, 0.05) is 18.3 Å². The zero-order valence-corrected chi connectivity index (χ0v) is 16.9. The van der Waals surface area contributed by atoms with Gasteiger partial charge in [0.15, 0.2) is 5.67 Å². The van der Waals surface area contributed by atoms with E-state index in [1.165, 1.54) is 13.8 Å². The number of halogens is 9. The second kappa shape index (κ2) is 6.82. The van der Waals surface area contributed by atoms with E-state index in [1.54, 1.807) is 0 Å². The molecule has 0 spiro atoms. The van der Waals surface area contributed by atoms with Gasteiger partial charge >= 0.3 is 24.1 Å². The van der Waals surface area contributed by atoms with Gasteiger partial charge in [-0.3, -0.25) is 0 Å². The molecule has 0 aromatic heterocycles. The van der Waals surface area contributed by atoms with Crippen LogP contribution in [0.1, 0.15) is 47.5 Å². The third-order valence-electron chi connectivity index (χ3n) is 6.28. The van der Waals surface area contributed by atoms with Crippen LogP contribution in [0.5, 0.6) is 0 Å². The summed E-state index contributed by atoms with van der Waals surface area (Å²) in [5.41, 5.74) is -11.2. The minimum atomic E-state index is -6.44. The van der Waals surface area contributed by atoms with Crippen molar-refractivity contribution in [3.63, 3.8) is 0 Å². The molecule has 0 aliphatic heterocycles. The van der Waals surface area contributed by atoms with Crippen LogP contribution in [-0.2, 0) is 9.47 Å². The summed E-state index contributed by atoms with van der Waals surface area (Å²) in [7, 11) is 0. The molecule has 2 saturated carbocycles. The molecular weight excluding hydrogens is 435 g/mol. The molecule has 0 saturated heterocycles. The lowest BCUT2D eigenvalue weighted by atomic mass is 9.67. The van der Waals surface area contributed by atoms with Gasteiger partial charge in [0.1, 0.15) is 5.60 Å². The minimum Gasteiger partial charge on any atom is -0.429 e. The molecule has 0 radical (unpaired) electrons. The summed E-state index contributed by atoms with van der Waals surface area (Å²) in [6.45, 7) is 6.07. The topological polar surface area (TPSA) is 35.5 Å². The summed E-state index contributed by atoms with van der Waals surface area (Å²) in [4.78, 5) is 11.7. The molecule has 2 aliphatic rings. The maximum atomic E-state index is 15.6. The number of alkyl halides is 9. The Hall–Kier alpha value is -1.36. The van der Waals surface area contributed by atoms with Crippen LogP contribution in [0.2, 0.25) is 0 Å². The monoisotopic (exact) mass is 458 g/mol. The fraction of sp³-hybridized carbons (Fsp3) is 0.944. The number of hydrogen-bond acceptors (Lipinski definition) is 3. The lowest BCUT2D eigenvalue weighted by Gasteiger charge is -2.47. The third kappa shape index (κ3) is 3.61. The summed E-state index contributed by atoms with van der Waals surface area (Å²) in [5.74, 6) is -9.64. The van der Waals surface area contributed by atoms with Crippen LogP contribution in [0.25, 0.3) is 0 Å². The number of carbonyl (C=O) groups excluding carboxylic acids is 1. The zero-order valence-electron chi connectivity index (χ0n) is 16.9. The van der Waals surface area contributed by atoms with Gasteiger partial charge in [-0.05, 0) is 39.0 Å². The Labute approximate surface area is 167 Å². The van der Waals surface area contributed by atoms with Crippen LogP contribution in [0.15, 0.2) is 0 Å². The molecule has 3 nitrogen and oxygen atoms in total. The predicted molar refractivity (Wildman–Crippen MR) is 85.5 cm³/mol. The summed E-state index contributed by atoms with van der Waals surface area (Å²) < 4.78 is 135. The van der Waals surface area contributed by atoms with Crippen LogP contribution in [0.4, 0.5) is 44.3 Å². The van der Waals surface area contributed by atoms with Crippen molar-refractivity contribution < 1.29 is 53.8 Å². The van der Waals surface area contributed by atoms with Gasteiger partial charge in [-0.15, -0.1) is 0 Å². The molecule has 5 unspecified atom stereocenters. The Morgan fingerprint density at radius 3 is 1.67 bits per heavy atom. The van der Waals surface area contributed by atoms with E-state index >= 15 is 4.39 Å². The number of ether oxygens (including phenoxy) is 2. The SMILES string of the molecule is CC1C(C)C2CC1C(F)(F)C2(F)CC(OC(=O)OC(C)(C)C)(C(F)(F)F)C(F)(F)F. The second-order valence-corrected chi connectivity index (χ2v) is 9.22. The number of carbonyl (C=O) groups is 1. The smallest absolute Gasteiger partial charge is 0.429 e. The maximum Gasteiger partial charge on any atom is 0.510 e. The molecule has 5 atom stereocenters. The van der Waals surface area contributed by atoms with E-state index in [0.717, 1.165) is 20.8 Å². The lowest BCUT2D eigenvalue weighted by molar-refractivity contribution is -0.385. The first-order chi connectivity index (χ1) is 13.1. The molecule has 2 bridgehead atoms. The molecule has 0 N–H and O–H groups in total. The fourth-order valence-electron chi connectivity index (χ4n) is 4.61. The van der Waals surface area contributed by atoms with E-state index in [-0.39, 0.29) is 0 Å². The molecule has 2 rings (SSSR count). The normalized spacial score (nSPS) is 34.2. The number of hydrogen-bond donors (Lipinski definition) is 0. The Morgan fingerprint density at radius 1 is 0.867 bits per heavy atom. The van der Waals surface area contributed by atoms with Gasteiger partial charge in [0.05, 0.1) is 0 Å². The first kappa shape index (κ1) is 24.9. The van der Waals surface area contributed by atoms with Crippen molar-refractivity contribution in [1.82, 2.24) is 0 Å². The van der Waals surface area contributed by atoms with Crippen molar-refractivity contribution in [2.75, 3.05) is 0 Å². The highest BCUT2D eigenvalue weighted by molar-refractivity contribution is 5.61. The first-order valence-corrected chi connectivity index (χ1v) is 9.23. The van der Waals surface area contributed by atoms with Crippen molar-refractivity contribution >= 4 is 6.16 Å². The van der Waals surface area contributed by atoms with Crippen LogP contribution in [0.3, 0.4) is 0 Å². The molecule has 2 fully saturated rings. The zero-order chi connectivity index (χ0) is 23.7. The predicted octanol–water partition coefficient (Wildman–Crippen LogP) is 6.46. The quantitative estimate of drug-likeness (QED) is 0.360. The van der Waals surface area contributed by atoms with Gasteiger partial charge in [0.25, 0.3) is 5.92 Å². The molecule has 0 aromatic carbocycles. The average molecular weight is 458 g/mol. The highest BCUT2D eigenvalue weighted by Gasteiger charge is 2.83. The van der Waals surface area contributed by atoms with Crippen molar-refractivity contribution in [3.8, 4) is 0 Å². The highest BCUT2D eigenvalue weighted by atomic mass is 19.4. The van der Waals surface area contributed by atoms with E-state index in [4.69, 9.17) is 0 Å². The standard InChI is InChI=1S/C18H23F9O3/c1-8-9(2)11-6-10(8)14(19,16(11,20)21)7-15(17(22,23)24,18(25,26)27)30-12(28)29-13(3,4)5/h8-11H,6-7H2,1-5H3. The molecular formula is C18H23F9O3. The summed E-state index contributed by atoms with van der Waals surface area (Å²) in [6.07, 6.45) is -18.6. The Bertz CT molecular complexity index is 666. The van der Waals surface area contributed by atoms with Gasteiger partial charge < -0.3 is 9.47 Å². The summed E-state index contributed by atoms with van der Waals surface area (Å²) >= 11 is 0. The van der Waals surface area contributed by atoms with E-state index in [1.807, 2.05) is 0 Å². The van der Waals surface area contributed by atoms with Crippen LogP contribution in [-0.4, -0.2) is 41.3 Å². The Kier molecular flexibility index (Phi) is 5.66. The maximum absolute atomic E-state index is 15.6. The van der Waals surface area contributed by atoms with Crippen LogP contribution in [0, 0.1) is 23.7 Å². The fourth-order valence-corrected chi connectivity index (χ4v) is 4.61. The number of fused-ring (bicyclic) bond motifs is 2. The van der Waals surface area contributed by atoms with E-state index in [0.29, 0.717) is 0 Å². The van der Waals surface area contributed by atoms with Crippen molar-refractivity contribution in [2.24, 2.45) is 23.7 Å². The molecule has 0 heterocycles. The molecule has 2 aliphatic carbocycles. The molecule has 176 valence electrons. The van der Waals surface area contributed by atoms with E-state index in [9.17, 15) is 39.9 Å². The van der Waals surface area contributed by atoms with Crippen LogP contribution >= 0.6 is 0 Å². The summed E-state index contributed by atoms with van der Waals surface area (Å²) in [5, 5.41) is 0. The minimum absolute atomic E-state index is 0.565. The van der Waals surface area contributed by atoms with Gasteiger partial charge in [-0.1, -0.05) is 13.8 Å². The van der Waals surface area contributed by atoms with Crippen LogP contribution < -0.4 is 0 Å². The Morgan fingerprint density at radius 2 is 1.30 bits per heavy atom. The largest absolute Gasteiger partial charge is 0.510 e. The molecule has 0 aromatic rings. The second-order valence-electron chi connectivity index (χ2n) is 9.22. The highest BCUT2D eigenvalue weighted by Crippen LogP contribution is 2.69. The van der Waals surface area contributed by atoms with Crippen molar-refractivity contribution in [2.45, 2.75) is 82.6 Å². The molecule has 30 heavy (non-hydrogen) atoms. The molecule has 12 heteroatoms. The van der Waals surface area contributed by atoms with Gasteiger partial charge in [0.2, 0.25) is 0 Å².